The van der Waals surface area contributed by atoms with Gasteiger partial charge in [-0.1, -0.05) is 29.4 Å². The Bertz CT molecular complexity index is 1650. The Morgan fingerprint density at radius 2 is 1.90 bits per heavy atom. The summed E-state index contributed by atoms with van der Waals surface area (Å²) in [4.78, 5) is 55.5. The Kier molecular flexibility index (Phi) is 9.00. The number of aliphatic imine (C=N–C) groups is 1. The van der Waals surface area contributed by atoms with Gasteiger partial charge in [0, 0.05) is 26.1 Å². The molecule has 216 valence electrons. The van der Waals surface area contributed by atoms with E-state index in [0.717, 1.165) is 29.8 Å². The number of aromatic nitrogens is 2. The van der Waals surface area contributed by atoms with Gasteiger partial charge < -0.3 is 0 Å². The molecule has 0 saturated carbocycles. The van der Waals surface area contributed by atoms with Gasteiger partial charge >= 0.3 is 11.9 Å². The lowest BCUT2D eigenvalue weighted by atomic mass is 10.2. The fraction of sp³-hybridized carbons (Fsp3) is 0.318. The van der Waals surface area contributed by atoms with E-state index < -0.39 is 68.1 Å². The van der Waals surface area contributed by atoms with E-state index in [1.807, 2.05) is 4.72 Å². The lowest BCUT2D eigenvalue weighted by Crippen LogP contribution is -2.41. The minimum atomic E-state index is -5.03. The van der Waals surface area contributed by atoms with E-state index >= 15 is 0 Å². The van der Waals surface area contributed by atoms with Crippen molar-refractivity contribution in [3.05, 3.63) is 68.2 Å². The van der Waals surface area contributed by atoms with Crippen LogP contribution in [0.25, 0.3) is 5.69 Å². The van der Waals surface area contributed by atoms with Gasteiger partial charge in [-0.2, -0.15) is 13.2 Å². The Balaban J connectivity index is 2.07. The van der Waals surface area contributed by atoms with Crippen LogP contribution in [0.4, 0.5) is 23.2 Å². The van der Waals surface area contributed by atoms with Crippen molar-refractivity contribution in [1.29, 1.82) is 0 Å². The van der Waals surface area contributed by atoms with E-state index in [9.17, 15) is 45.2 Å². The van der Waals surface area contributed by atoms with Crippen molar-refractivity contribution in [2.75, 3.05) is 12.3 Å². The number of nitrogens with one attached hydrogen (secondary N) is 1. The molecular weight excluding hydrogens is 606 g/mol. The Morgan fingerprint density at radius 3 is 2.48 bits per heavy atom. The van der Waals surface area contributed by atoms with Crippen LogP contribution in [0.2, 0.25) is 5.02 Å². The third-order valence-electron chi connectivity index (χ3n) is 5.44. The van der Waals surface area contributed by atoms with Crippen molar-refractivity contribution in [2.24, 2.45) is 12.0 Å². The van der Waals surface area contributed by atoms with Gasteiger partial charge in [0.25, 0.3) is 5.56 Å². The lowest BCUT2D eigenvalue weighted by molar-refractivity contribution is -0.144. The first-order valence-corrected chi connectivity index (χ1v) is 14.0. The Morgan fingerprint density at radius 1 is 1.25 bits per heavy atom. The quantitative estimate of drug-likeness (QED) is 0.351. The molecule has 0 spiro atoms. The number of alkyl halides is 3. The Hall–Kier alpha value is -3.44. The van der Waals surface area contributed by atoms with Crippen molar-refractivity contribution in [3.63, 3.8) is 0 Å². The smallest absolute Gasteiger partial charge is 0.292 e. The molecule has 1 aromatic heterocycles. The minimum absolute atomic E-state index is 0.0619. The van der Waals surface area contributed by atoms with Crippen molar-refractivity contribution in [2.45, 2.75) is 24.8 Å². The first-order chi connectivity index (χ1) is 18.5. The van der Waals surface area contributed by atoms with Crippen LogP contribution in [0.3, 0.4) is 0 Å². The summed E-state index contributed by atoms with van der Waals surface area (Å²) < 4.78 is 79.9. The van der Waals surface area contributed by atoms with E-state index in [1.54, 1.807) is 0 Å². The molecule has 40 heavy (non-hydrogen) atoms. The van der Waals surface area contributed by atoms with Gasteiger partial charge in [-0.3, -0.25) is 28.6 Å². The third kappa shape index (κ3) is 6.47. The van der Waals surface area contributed by atoms with Crippen LogP contribution in [0.15, 0.2) is 45.4 Å². The summed E-state index contributed by atoms with van der Waals surface area (Å²) >= 11 is 6.87. The molecule has 1 fully saturated rings. The molecule has 2 aromatic rings. The van der Waals surface area contributed by atoms with Crippen LogP contribution in [-0.2, 0) is 32.8 Å². The summed E-state index contributed by atoms with van der Waals surface area (Å²) in [5, 5.41) is -1.50. The van der Waals surface area contributed by atoms with Crippen molar-refractivity contribution in [3.8, 4) is 5.69 Å². The van der Waals surface area contributed by atoms with E-state index in [1.165, 1.54) is 13.0 Å². The molecule has 1 atom stereocenters. The van der Waals surface area contributed by atoms with E-state index in [2.05, 4.69) is 11.6 Å². The molecule has 3 rings (SSSR count). The summed E-state index contributed by atoms with van der Waals surface area (Å²) in [5.41, 5.74) is -5.53. The highest BCUT2D eigenvalue weighted by Crippen LogP contribution is 2.35. The number of hydrogen-bond acceptors (Lipinski definition) is 8. The zero-order valence-corrected chi connectivity index (χ0v) is 23.0. The number of thioether (sulfide) groups is 1. The van der Waals surface area contributed by atoms with Crippen LogP contribution in [-0.4, -0.2) is 57.0 Å². The van der Waals surface area contributed by atoms with Gasteiger partial charge in [-0.25, -0.2) is 27.2 Å². The average Bonchev–Trinajstić information content (AvgIpc) is 3.12. The van der Waals surface area contributed by atoms with E-state index in [4.69, 9.17) is 11.6 Å². The predicted molar refractivity (Wildman–Crippen MR) is 140 cm³/mol. The molecule has 18 heteroatoms. The second kappa shape index (κ2) is 11.6. The van der Waals surface area contributed by atoms with Gasteiger partial charge in [-0.05, 0) is 19.1 Å². The minimum Gasteiger partial charge on any atom is -0.292 e. The fourth-order valence-corrected chi connectivity index (χ4v) is 5.41. The molecule has 1 aliphatic heterocycles. The maximum absolute atomic E-state index is 14.8. The molecule has 0 radical (unpaired) electrons. The highest BCUT2D eigenvalue weighted by molar-refractivity contribution is 8.15. The number of amidine groups is 1. The number of nitrogens with zero attached hydrogens (tertiary/aromatic N) is 4. The van der Waals surface area contributed by atoms with Crippen LogP contribution in [0.5, 0.6) is 0 Å². The number of carbonyl (C=O) groups is 2. The number of rotatable bonds is 8. The zero-order chi connectivity index (χ0) is 30.2. The topological polar surface area (TPSA) is 140 Å². The monoisotopic (exact) mass is 625 g/mol. The van der Waals surface area contributed by atoms with Crippen LogP contribution < -0.4 is 16.0 Å². The van der Waals surface area contributed by atoms with Crippen LogP contribution in [0, 0.1) is 5.82 Å². The highest BCUT2D eigenvalue weighted by Gasteiger charge is 2.39. The lowest BCUT2D eigenvalue weighted by Gasteiger charge is -2.16. The summed E-state index contributed by atoms with van der Waals surface area (Å²) in [6.45, 7) is 4.75. The Labute approximate surface area is 233 Å². The summed E-state index contributed by atoms with van der Waals surface area (Å²) in [7, 11) is -3.12. The van der Waals surface area contributed by atoms with Crippen molar-refractivity contribution >= 4 is 56.1 Å². The maximum atomic E-state index is 14.8. The third-order valence-corrected chi connectivity index (χ3v) is 8.21. The number of hydrogen-bond donors (Lipinski definition) is 1. The molecule has 11 nitrogen and oxygen atoms in total. The number of amides is 2. The van der Waals surface area contributed by atoms with Crippen molar-refractivity contribution < 1.29 is 35.6 Å². The molecule has 1 saturated heterocycles. The second-order valence-corrected chi connectivity index (χ2v) is 11.8. The molecule has 1 unspecified atom stereocenters. The molecule has 1 aliphatic rings. The van der Waals surface area contributed by atoms with Gasteiger partial charge in [0.1, 0.15) is 16.8 Å². The fourth-order valence-electron chi connectivity index (χ4n) is 3.48. The zero-order valence-electron chi connectivity index (χ0n) is 20.7. The predicted octanol–water partition coefficient (Wildman–Crippen LogP) is 2.32. The molecule has 2 amide bonds. The van der Waals surface area contributed by atoms with Gasteiger partial charge in [0.05, 0.1) is 22.2 Å². The first kappa shape index (κ1) is 31.1. The standard InChI is InChI=1S/C22H20ClF4N5O6S2/c1-4-6-31-19(35)15(9-17(33)29-40(37,38)5-2)39-20(31)28-13-8-14(12(24)7-11(13)23)32-18(34)10-16(22(25,26)27)30(3)21(32)36/h4,7-8,10,15H,1,5-6,9H2,2-3H3,(H,29,33)/b28-20-. The van der Waals surface area contributed by atoms with Gasteiger partial charge in [0.15, 0.2) is 5.17 Å². The number of sulfonamides is 1. The summed E-state index contributed by atoms with van der Waals surface area (Å²) in [6, 6.07) is 1.65. The molecule has 0 bridgehead atoms. The average molecular weight is 626 g/mol. The second-order valence-electron chi connectivity index (χ2n) is 8.17. The SMILES string of the molecule is C=CCN1C(=O)C(CC(=O)NS(=O)(=O)CC)S/C1=N\c1cc(-n2c(=O)cc(C(F)(F)F)n(C)c2=O)c(F)cc1Cl. The van der Waals surface area contributed by atoms with Crippen molar-refractivity contribution in [1.82, 2.24) is 18.8 Å². The molecule has 2 heterocycles. The molecular formula is C22H20ClF4N5O6S2. The summed E-state index contributed by atoms with van der Waals surface area (Å²) in [6.07, 6.45) is -4.23. The van der Waals surface area contributed by atoms with Crippen LogP contribution in [0.1, 0.15) is 19.0 Å². The number of halogens is 5. The maximum Gasteiger partial charge on any atom is 0.431 e. The molecule has 1 N–H and O–H groups in total. The largest absolute Gasteiger partial charge is 0.431 e. The number of carbonyl (C=O) groups excluding carboxylic acids is 2. The van der Waals surface area contributed by atoms with Crippen LogP contribution >= 0.6 is 23.4 Å². The summed E-state index contributed by atoms with van der Waals surface area (Å²) in [5.74, 6) is -3.15. The molecule has 1 aromatic carbocycles. The van der Waals surface area contributed by atoms with E-state index in [-0.39, 0.29) is 43.4 Å². The van der Waals surface area contributed by atoms with Gasteiger partial charge in [-0.15, -0.1) is 6.58 Å². The molecule has 0 aliphatic carbocycles. The van der Waals surface area contributed by atoms with Gasteiger partial charge in [0.2, 0.25) is 21.8 Å². The highest BCUT2D eigenvalue weighted by atomic mass is 35.5. The number of benzene rings is 1. The normalized spacial score (nSPS) is 17.0. The van der Waals surface area contributed by atoms with E-state index in [0.29, 0.717) is 6.07 Å². The first-order valence-electron chi connectivity index (χ1n) is 11.1.